The summed E-state index contributed by atoms with van der Waals surface area (Å²) in [7, 11) is -3.89. The molecular weight excluding hydrogens is 256 g/mol. The highest BCUT2D eigenvalue weighted by molar-refractivity contribution is 7.89. The van der Waals surface area contributed by atoms with E-state index in [9.17, 15) is 13.2 Å². The molecule has 0 radical (unpaired) electrons. The van der Waals surface area contributed by atoms with E-state index < -0.39 is 22.0 Å². The first-order valence-electron chi connectivity index (χ1n) is 5.23. The SMILES string of the molecule is N#Cc1ccccc1S(=O)(=O)NC1CCOC1=O. The average molecular weight is 266 g/mol. The number of carbonyl (C=O) groups is 1. The molecular formula is C11H10N2O4S. The van der Waals surface area contributed by atoms with Crippen molar-refractivity contribution in [3.63, 3.8) is 0 Å². The number of nitriles is 1. The molecule has 0 amide bonds. The molecule has 1 aliphatic heterocycles. The number of cyclic esters (lactones) is 1. The third kappa shape index (κ3) is 2.34. The Morgan fingerprint density at radius 3 is 2.72 bits per heavy atom. The van der Waals surface area contributed by atoms with Crippen LogP contribution in [-0.4, -0.2) is 27.0 Å². The van der Waals surface area contributed by atoms with Gasteiger partial charge in [0.1, 0.15) is 12.1 Å². The molecule has 2 rings (SSSR count). The molecule has 18 heavy (non-hydrogen) atoms. The van der Waals surface area contributed by atoms with E-state index in [4.69, 9.17) is 5.26 Å². The largest absolute Gasteiger partial charge is 0.464 e. The Bertz CT molecular complexity index is 618. The lowest BCUT2D eigenvalue weighted by Gasteiger charge is -2.10. The van der Waals surface area contributed by atoms with Gasteiger partial charge in [-0.1, -0.05) is 12.1 Å². The Labute approximate surface area is 104 Å². The van der Waals surface area contributed by atoms with Crippen LogP contribution in [0.2, 0.25) is 0 Å². The predicted molar refractivity (Wildman–Crippen MR) is 60.8 cm³/mol. The fourth-order valence-electron chi connectivity index (χ4n) is 1.65. The minimum atomic E-state index is -3.89. The highest BCUT2D eigenvalue weighted by Crippen LogP contribution is 2.16. The second-order valence-corrected chi connectivity index (χ2v) is 5.42. The van der Waals surface area contributed by atoms with Crippen LogP contribution in [0.3, 0.4) is 0 Å². The summed E-state index contributed by atoms with van der Waals surface area (Å²) >= 11 is 0. The summed E-state index contributed by atoms with van der Waals surface area (Å²) in [6.45, 7) is 0.200. The van der Waals surface area contributed by atoms with Gasteiger partial charge in [-0.3, -0.25) is 4.79 Å². The Balaban J connectivity index is 2.31. The lowest BCUT2D eigenvalue weighted by atomic mass is 10.2. The Hall–Kier alpha value is -1.91. The molecule has 1 N–H and O–H groups in total. The van der Waals surface area contributed by atoms with Gasteiger partial charge < -0.3 is 4.74 Å². The molecule has 1 aromatic rings. The minimum absolute atomic E-state index is 0.0383. The summed E-state index contributed by atoms with van der Waals surface area (Å²) in [5.41, 5.74) is 0.0383. The van der Waals surface area contributed by atoms with E-state index in [1.165, 1.54) is 18.2 Å². The number of hydrogen-bond acceptors (Lipinski definition) is 5. The van der Waals surface area contributed by atoms with Crippen molar-refractivity contribution in [2.75, 3.05) is 6.61 Å². The van der Waals surface area contributed by atoms with Crippen LogP contribution in [0.4, 0.5) is 0 Å². The monoisotopic (exact) mass is 266 g/mol. The van der Waals surface area contributed by atoms with Crippen molar-refractivity contribution < 1.29 is 17.9 Å². The predicted octanol–water partition coefficient (Wildman–Crippen LogP) is 0.152. The zero-order chi connectivity index (χ0) is 13.2. The quantitative estimate of drug-likeness (QED) is 0.786. The van der Waals surface area contributed by atoms with Gasteiger partial charge in [0.15, 0.2) is 0 Å². The van der Waals surface area contributed by atoms with Crippen LogP contribution in [0.5, 0.6) is 0 Å². The van der Waals surface area contributed by atoms with E-state index in [0.29, 0.717) is 6.42 Å². The molecule has 1 fully saturated rings. The second kappa shape index (κ2) is 4.76. The van der Waals surface area contributed by atoms with Gasteiger partial charge in [-0.15, -0.1) is 0 Å². The van der Waals surface area contributed by atoms with Crippen LogP contribution in [0.15, 0.2) is 29.2 Å². The molecule has 0 aromatic heterocycles. The third-order valence-corrected chi connectivity index (χ3v) is 4.06. The van der Waals surface area contributed by atoms with Gasteiger partial charge >= 0.3 is 5.97 Å². The van der Waals surface area contributed by atoms with Crippen LogP contribution in [0.25, 0.3) is 0 Å². The number of benzene rings is 1. The number of nitrogens with zero attached hydrogens (tertiary/aromatic N) is 1. The normalized spacial score (nSPS) is 19.3. The summed E-state index contributed by atoms with van der Waals surface area (Å²) in [6.07, 6.45) is 0.298. The fraction of sp³-hybridized carbons (Fsp3) is 0.273. The van der Waals surface area contributed by atoms with E-state index in [-0.39, 0.29) is 17.1 Å². The van der Waals surface area contributed by atoms with Gasteiger partial charge in [-0.25, -0.2) is 8.42 Å². The van der Waals surface area contributed by atoms with Crippen molar-refractivity contribution in [1.82, 2.24) is 4.72 Å². The molecule has 0 saturated carbocycles. The van der Waals surface area contributed by atoms with Crippen molar-refractivity contribution in [2.24, 2.45) is 0 Å². The van der Waals surface area contributed by atoms with Gasteiger partial charge in [0.25, 0.3) is 0 Å². The van der Waals surface area contributed by atoms with Crippen LogP contribution >= 0.6 is 0 Å². The number of carbonyl (C=O) groups excluding carboxylic acids is 1. The molecule has 0 aliphatic carbocycles. The van der Waals surface area contributed by atoms with Crippen LogP contribution < -0.4 is 4.72 Å². The highest BCUT2D eigenvalue weighted by Gasteiger charge is 2.32. The zero-order valence-corrected chi connectivity index (χ0v) is 10.1. The minimum Gasteiger partial charge on any atom is -0.464 e. The first-order valence-corrected chi connectivity index (χ1v) is 6.71. The summed E-state index contributed by atoms with van der Waals surface area (Å²) in [5, 5.41) is 8.86. The molecule has 94 valence electrons. The van der Waals surface area contributed by atoms with Crippen molar-refractivity contribution in [2.45, 2.75) is 17.4 Å². The first-order chi connectivity index (χ1) is 8.54. The zero-order valence-electron chi connectivity index (χ0n) is 9.29. The van der Waals surface area contributed by atoms with Crippen molar-refractivity contribution >= 4 is 16.0 Å². The molecule has 1 atom stereocenters. The molecule has 1 saturated heterocycles. The summed E-state index contributed by atoms with van der Waals surface area (Å²) < 4.78 is 31.0. The highest BCUT2D eigenvalue weighted by atomic mass is 32.2. The smallest absolute Gasteiger partial charge is 0.324 e. The number of rotatable bonds is 3. The Morgan fingerprint density at radius 2 is 2.11 bits per heavy atom. The number of sulfonamides is 1. The molecule has 1 aromatic carbocycles. The Kier molecular flexibility index (Phi) is 3.32. The first kappa shape index (κ1) is 12.5. The molecule has 6 nitrogen and oxygen atoms in total. The van der Waals surface area contributed by atoms with E-state index in [1.54, 1.807) is 12.1 Å². The molecule has 7 heteroatoms. The van der Waals surface area contributed by atoms with Gasteiger partial charge in [0.2, 0.25) is 10.0 Å². The second-order valence-electron chi connectivity index (χ2n) is 3.74. The number of ether oxygens (including phenoxy) is 1. The topological polar surface area (TPSA) is 96.3 Å². The number of esters is 1. The van der Waals surface area contributed by atoms with E-state index in [0.717, 1.165) is 0 Å². The lowest BCUT2D eigenvalue weighted by Crippen LogP contribution is -2.38. The third-order valence-electron chi connectivity index (χ3n) is 2.53. The van der Waals surface area contributed by atoms with Gasteiger partial charge in [-0.05, 0) is 12.1 Å². The maximum atomic E-state index is 12.0. The average Bonchev–Trinajstić information content (AvgIpc) is 2.74. The van der Waals surface area contributed by atoms with E-state index >= 15 is 0 Å². The van der Waals surface area contributed by atoms with E-state index in [2.05, 4.69) is 9.46 Å². The van der Waals surface area contributed by atoms with Gasteiger partial charge in [0.05, 0.1) is 17.1 Å². The molecule has 1 unspecified atom stereocenters. The molecule has 1 heterocycles. The van der Waals surface area contributed by atoms with Crippen LogP contribution in [0.1, 0.15) is 12.0 Å². The van der Waals surface area contributed by atoms with Crippen LogP contribution in [0, 0.1) is 11.3 Å². The Morgan fingerprint density at radius 1 is 1.39 bits per heavy atom. The van der Waals surface area contributed by atoms with Crippen molar-refractivity contribution in [3.8, 4) is 6.07 Å². The van der Waals surface area contributed by atoms with Gasteiger partial charge in [0, 0.05) is 6.42 Å². The maximum Gasteiger partial charge on any atom is 0.324 e. The fourth-order valence-corrected chi connectivity index (χ4v) is 3.02. The number of hydrogen-bond donors (Lipinski definition) is 1. The van der Waals surface area contributed by atoms with Gasteiger partial charge in [-0.2, -0.15) is 9.98 Å². The lowest BCUT2D eigenvalue weighted by molar-refractivity contribution is -0.139. The van der Waals surface area contributed by atoms with Crippen LogP contribution in [-0.2, 0) is 19.6 Å². The van der Waals surface area contributed by atoms with E-state index in [1.807, 2.05) is 0 Å². The van der Waals surface area contributed by atoms with Crippen molar-refractivity contribution in [1.29, 1.82) is 5.26 Å². The molecule has 0 bridgehead atoms. The summed E-state index contributed by atoms with van der Waals surface area (Å²) in [6, 6.07) is 6.74. The standard InChI is InChI=1S/C11H10N2O4S/c12-7-8-3-1-2-4-10(8)18(15,16)13-9-5-6-17-11(9)14/h1-4,9,13H,5-6H2. The number of nitrogens with one attached hydrogen (secondary N) is 1. The summed E-state index contributed by atoms with van der Waals surface area (Å²) in [5.74, 6) is -0.590. The summed E-state index contributed by atoms with van der Waals surface area (Å²) in [4.78, 5) is 11.1. The molecule has 1 aliphatic rings. The van der Waals surface area contributed by atoms with Crippen molar-refractivity contribution in [3.05, 3.63) is 29.8 Å². The maximum absolute atomic E-state index is 12.0. The molecule has 0 spiro atoms.